The summed E-state index contributed by atoms with van der Waals surface area (Å²) in [5.74, 6) is 0.330. The average Bonchev–Trinajstić information content (AvgIpc) is 3.02. The number of benzene rings is 1. The second kappa shape index (κ2) is 7.72. The Morgan fingerprint density at radius 3 is 2.62 bits per heavy atom. The Balaban J connectivity index is 0.00000196. The van der Waals surface area contributed by atoms with Crippen LogP contribution in [0.2, 0.25) is 0 Å². The summed E-state index contributed by atoms with van der Waals surface area (Å²) in [5, 5.41) is 6.17. The van der Waals surface area contributed by atoms with Crippen LogP contribution in [0.15, 0.2) is 42.9 Å². The van der Waals surface area contributed by atoms with Gasteiger partial charge in [0.2, 0.25) is 0 Å². The highest BCUT2D eigenvalue weighted by Gasteiger charge is 2.12. The fourth-order valence-corrected chi connectivity index (χ4v) is 3.03. The van der Waals surface area contributed by atoms with Gasteiger partial charge in [0.05, 0.1) is 18.1 Å². The summed E-state index contributed by atoms with van der Waals surface area (Å²) in [7, 11) is 0. The van der Waals surface area contributed by atoms with Gasteiger partial charge in [-0.15, -0.1) is 12.4 Å². The number of amides is 1. The van der Waals surface area contributed by atoms with E-state index in [4.69, 9.17) is 0 Å². The Labute approximate surface area is 157 Å². The molecule has 3 aromatic rings. The molecule has 1 fully saturated rings. The molecule has 1 amide bonds. The van der Waals surface area contributed by atoms with E-state index in [0.717, 1.165) is 43.2 Å². The molecule has 8 heteroatoms. The van der Waals surface area contributed by atoms with Crippen molar-refractivity contribution < 1.29 is 4.79 Å². The van der Waals surface area contributed by atoms with E-state index in [1.807, 2.05) is 41.8 Å². The van der Waals surface area contributed by atoms with E-state index in [1.165, 1.54) is 0 Å². The highest BCUT2D eigenvalue weighted by atomic mass is 35.5. The first-order chi connectivity index (χ1) is 12.2. The third-order valence-electron chi connectivity index (χ3n) is 4.32. The molecule has 7 nitrogen and oxygen atoms in total. The summed E-state index contributed by atoms with van der Waals surface area (Å²) in [6, 6.07) is 7.70. The van der Waals surface area contributed by atoms with E-state index in [-0.39, 0.29) is 18.3 Å². The molecule has 1 aliphatic heterocycles. The van der Waals surface area contributed by atoms with Gasteiger partial charge in [0, 0.05) is 43.6 Å². The van der Waals surface area contributed by atoms with E-state index in [0.29, 0.717) is 11.4 Å². The summed E-state index contributed by atoms with van der Waals surface area (Å²) in [4.78, 5) is 23.3. The lowest BCUT2D eigenvalue weighted by atomic mass is 10.1. The first-order valence-electron chi connectivity index (χ1n) is 8.37. The number of anilines is 2. The number of halogens is 1. The Bertz CT molecular complexity index is 902. The fraction of sp³-hybridized carbons (Fsp3) is 0.278. The van der Waals surface area contributed by atoms with Crippen LogP contribution in [0.4, 0.5) is 11.5 Å². The lowest BCUT2D eigenvalue weighted by Crippen LogP contribution is -2.43. The second-order valence-electron chi connectivity index (χ2n) is 6.16. The highest BCUT2D eigenvalue weighted by molar-refractivity contribution is 6.03. The maximum atomic E-state index is 12.4. The van der Waals surface area contributed by atoms with Gasteiger partial charge in [-0.25, -0.2) is 9.97 Å². The van der Waals surface area contributed by atoms with Gasteiger partial charge < -0.3 is 19.9 Å². The maximum Gasteiger partial charge on any atom is 0.256 e. The molecule has 136 valence electrons. The van der Waals surface area contributed by atoms with Gasteiger partial charge in [0.15, 0.2) is 5.65 Å². The summed E-state index contributed by atoms with van der Waals surface area (Å²) >= 11 is 0. The lowest BCUT2D eigenvalue weighted by Gasteiger charge is -2.29. The molecule has 2 N–H and O–H groups in total. The van der Waals surface area contributed by atoms with Crippen LogP contribution in [0.25, 0.3) is 5.65 Å². The van der Waals surface area contributed by atoms with Gasteiger partial charge in [-0.05, 0) is 31.2 Å². The molecule has 0 unspecified atom stereocenters. The molecule has 1 aromatic carbocycles. The van der Waals surface area contributed by atoms with Crippen molar-refractivity contribution >= 4 is 35.5 Å². The Kier molecular flexibility index (Phi) is 5.39. The van der Waals surface area contributed by atoms with Crippen LogP contribution in [0.3, 0.4) is 0 Å². The SMILES string of the molecule is Cc1cn2cc(NC(=O)c3ccc(N4CCNCC4)cc3)ncc2n1.Cl. The zero-order chi connectivity index (χ0) is 17.2. The molecule has 0 atom stereocenters. The van der Waals surface area contributed by atoms with Crippen LogP contribution in [0.1, 0.15) is 16.1 Å². The molecule has 0 radical (unpaired) electrons. The van der Waals surface area contributed by atoms with Crippen LogP contribution in [0.5, 0.6) is 0 Å². The number of carbonyl (C=O) groups excluding carboxylic acids is 1. The molecule has 1 saturated heterocycles. The first kappa shape index (κ1) is 18.2. The number of fused-ring (bicyclic) bond motifs is 1. The molecule has 0 saturated carbocycles. The van der Waals surface area contributed by atoms with Gasteiger partial charge in [0.1, 0.15) is 5.82 Å². The van der Waals surface area contributed by atoms with Crippen LogP contribution in [-0.2, 0) is 0 Å². The summed E-state index contributed by atoms with van der Waals surface area (Å²) in [6.07, 6.45) is 5.31. The zero-order valence-corrected chi connectivity index (χ0v) is 15.3. The number of aryl methyl sites for hydroxylation is 1. The van der Waals surface area contributed by atoms with Crippen molar-refractivity contribution in [2.75, 3.05) is 36.4 Å². The number of hydrogen-bond donors (Lipinski definition) is 2. The zero-order valence-electron chi connectivity index (χ0n) is 14.5. The smallest absolute Gasteiger partial charge is 0.256 e. The van der Waals surface area contributed by atoms with Crippen LogP contribution in [-0.4, -0.2) is 46.5 Å². The van der Waals surface area contributed by atoms with E-state index in [9.17, 15) is 4.79 Å². The Morgan fingerprint density at radius 1 is 1.15 bits per heavy atom. The standard InChI is InChI=1S/C18H20N6O.ClH/c1-13-11-24-12-16(20-10-17(24)21-13)22-18(25)14-2-4-15(5-3-14)23-8-6-19-7-9-23;/h2-5,10-12,19H,6-9H2,1H3,(H,22,25);1H. The summed E-state index contributed by atoms with van der Waals surface area (Å²) in [6.45, 7) is 5.87. The molecule has 2 aromatic heterocycles. The molecule has 0 spiro atoms. The van der Waals surface area contributed by atoms with Crippen molar-refractivity contribution in [1.82, 2.24) is 19.7 Å². The number of imidazole rings is 1. The van der Waals surface area contributed by atoms with Crippen molar-refractivity contribution in [3.05, 3.63) is 54.1 Å². The maximum absolute atomic E-state index is 12.4. The highest BCUT2D eigenvalue weighted by Crippen LogP contribution is 2.17. The molecule has 0 bridgehead atoms. The number of rotatable bonds is 3. The number of piperazine rings is 1. The molecule has 1 aliphatic rings. The number of hydrogen-bond acceptors (Lipinski definition) is 5. The molecule has 26 heavy (non-hydrogen) atoms. The predicted molar refractivity (Wildman–Crippen MR) is 104 cm³/mol. The topological polar surface area (TPSA) is 74.6 Å². The fourth-order valence-electron chi connectivity index (χ4n) is 3.03. The minimum Gasteiger partial charge on any atom is -0.369 e. The van der Waals surface area contributed by atoms with Gasteiger partial charge in [-0.3, -0.25) is 4.79 Å². The van der Waals surface area contributed by atoms with Gasteiger partial charge in [-0.1, -0.05) is 0 Å². The van der Waals surface area contributed by atoms with Crippen molar-refractivity contribution in [2.45, 2.75) is 6.92 Å². The first-order valence-corrected chi connectivity index (χ1v) is 8.37. The number of nitrogens with zero attached hydrogens (tertiary/aromatic N) is 4. The monoisotopic (exact) mass is 372 g/mol. The Hall–Kier alpha value is -2.64. The van der Waals surface area contributed by atoms with E-state index < -0.39 is 0 Å². The van der Waals surface area contributed by atoms with Crippen LogP contribution < -0.4 is 15.5 Å². The normalized spacial score (nSPS) is 14.1. The molecular formula is C18H21ClN6O. The minimum absolute atomic E-state index is 0. The Morgan fingerprint density at radius 2 is 1.88 bits per heavy atom. The van der Waals surface area contributed by atoms with Crippen molar-refractivity contribution in [3.63, 3.8) is 0 Å². The summed E-state index contributed by atoms with van der Waals surface area (Å²) < 4.78 is 1.85. The van der Waals surface area contributed by atoms with E-state index in [2.05, 4.69) is 25.5 Å². The van der Waals surface area contributed by atoms with Crippen molar-refractivity contribution in [3.8, 4) is 0 Å². The van der Waals surface area contributed by atoms with Crippen molar-refractivity contribution in [1.29, 1.82) is 0 Å². The quantitative estimate of drug-likeness (QED) is 0.736. The molecular weight excluding hydrogens is 352 g/mol. The van der Waals surface area contributed by atoms with Crippen molar-refractivity contribution in [2.24, 2.45) is 0 Å². The second-order valence-corrected chi connectivity index (χ2v) is 6.16. The van der Waals surface area contributed by atoms with E-state index in [1.54, 1.807) is 12.4 Å². The minimum atomic E-state index is -0.171. The van der Waals surface area contributed by atoms with Gasteiger partial charge in [-0.2, -0.15) is 0 Å². The average molecular weight is 373 g/mol. The lowest BCUT2D eigenvalue weighted by molar-refractivity contribution is 0.102. The van der Waals surface area contributed by atoms with Gasteiger partial charge >= 0.3 is 0 Å². The number of carbonyl (C=O) groups is 1. The third-order valence-corrected chi connectivity index (χ3v) is 4.32. The predicted octanol–water partition coefficient (Wildman–Crippen LogP) is 2.12. The number of nitrogens with one attached hydrogen (secondary N) is 2. The third kappa shape index (κ3) is 3.79. The summed E-state index contributed by atoms with van der Waals surface area (Å²) in [5.41, 5.74) is 3.43. The van der Waals surface area contributed by atoms with Gasteiger partial charge in [0.25, 0.3) is 5.91 Å². The van der Waals surface area contributed by atoms with Crippen LogP contribution >= 0.6 is 12.4 Å². The molecule has 0 aliphatic carbocycles. The largest absolute Gasteiger partial charge is 0.369 e. The molecule has 4 rings (SSSR count). The van der Waals surface area contributed by atoms with E-state index >= 15 is 0 Å². The molecule has 3 heterocycles. The van der Waals surface area contributed by atoms with Crippen LogP contribution in [0, 0.1) is 6.92 Å². The number of aromatic nitrogens is 3.